The molecular formula is C23H35NO4. The number of hydrogen-bond acceptors (Lipinski definition) is 5. The number of ether oxygens (including phenoxy) is 2. The molecule has 0 unspecified atom stereocenters. The van der Waals surface area contributed by atoms with Gasteiger partial charge in [0.2, 0.25) is 0 Å². The lowest BCUT2D eigenvalue weighted by molar-refractivity contribution is -0.136. The fraction of sp³-hybridized carbons (Fsp3) is 0.478. The van der Waals surface area contributed by atoms with Crippen molar-refractivity contribution in [3.63, 3.8) is 0 Å². The molecule has 0 spiro atoms. The zero-order chi connectivity index (χ0) is 21.7. The zero-order valence-corrected chi connectivity index (χ0v) is 18.3. The van der Waals surface area contributed by atoms with Crippen LogP contribution < -0.4 is 5.73 Å². The first-order valence-electron chi connectivity index (χ1n) is 9.93. The third-order valence-corrected chi connectivity index (χ3v) is 3.87. The van der Waals surface area contributed by atoms with Crippen LogP contribution >= 0.6 is 0 Å². The molecule has 0 aliphatic rings. The van der Waals surface area contributed by atoms with Gasteiger partial charge in [-0.3, -0.25) is 9.59 Å². The van der Waals surface area contributed by atoms with Crippen molar-refractivity contribution in [2.24, 2.45) is 0 Å². The Hall–Kier alpha value is -2.24. The molecule has 0 saturated heterocycles. The van der Waals surface area contributed by atoms with Crippen molar-refractivity contribution in [1.29, 1.82) is 0 Å². The average Bonchev–Trinajstić information content (AvgIpc) is 2.69. The van der Waals surface area contributed by atoms with Crippen LogP contribution in [0.25, 0.3) is 10.8 Å². The van der Waals surface area contributed by atoms with Gasteiger partial charge in [-0.1, -0.05) is 39.0 Å². The summed E-state index contributed by atoms with van der Waals surface area (Å²) < 4.78 is 10.4. The van der Waals surface area contributed by atoms with Crippen molar-refractivity contribution in [3.8, 4) is 0 Å². The van der Waals surface area contributed by atoms with E-state index in [1.807, 2.05) is 33.8 Å². The summed E-state index contributed by atoms with van der Waals surface area (Å²) in [4.78, 5) is 23.2. The third-order valence-electron chi connectivity index (χ3n) is 3.87. The molecule has 0 heterocycles. The SMILES string of the molecule is CC.CC(=O)c1cccc2c(N)ccc(C(C)=O)c12.CCOC(CC)OCC. The molecular weight excluding hydrogens is 354 g/mol. The van der Waals surface area contributed by atoms with Crippen LogP contribution in [0.1, 0.15) is 75.6 Å². The molecule has 0 atom stereocenters. The number of fused-ring (bicyclic) bond motifs is 1. The highest BCUT2D eigenvalue weighted by atomic mass is 16.7. The highest BCUT2D eigenvalue weighted by molar-refractivity contribution is 6.17. The first-order valence-corrected chi connectivity index (χ1v) is 9.93. The highest BCUT2D eigenvalue weighted by Crippen LogP contribution is 2.28. The molecule has 2 aromatic rings. The van der Waals surface area contributed by atoms with Gasteiger partial charge in [0.05, 0.1) is 0 Å². The predicted octanol–water partition coefficient (Wildman–Crippen LogP) is 5.65. The van der Waals surface area contributed by atoms with Crippen molar-refractivity contribution < 1.29 is 19.1 Å². The third kappa shape index (κ3) is 7.41. The lowest BCUT2D eigenvalue weighted by Crippen LogP contribution is -2.15. The summed E-state index contributed by atoms with van der Waals surface area (Å²) in [7, 11) is 0. The Morgan fingerprint density at radius 2 is 1.39 bits per heavy atom. The van der Waals surface area contributed by atoms with Crippen molar-refractivity contribution in [2.75, 3.05) is 18.9 Å². The zero-order valence-electron chi connectivity index (χ0n) is 18.3. The van der Waals surface area contributed by atoms with Crippen LogP contribution in [0.5, 0.6) is 0 Å². The fourth-order valence-corrected chi connectivity index (χ4v) is 2.67. The van der Waals surface area contributed by atoms with Crippen LogP contribution in [0.3, 0.4) is 0 Å². The minimum Gasteiger partial charge on any atom is -0.398 e. The Morgan fingerprint density at radius 1 is 0.893 bits per heavy atom. The maximum atomic E-state index is 11.6. The number of rotatable bonds is 7. The molecule has 0 bridgehead atoms. The molecule has 2 N–H and O–H groups in total. The van der Waals surface area contributed by atoms with E-state index in [1.54, 1.807) is 24.3 Å². The largest absolute Gasteiger partial charge is 0.398 e. The van der Waals surface area contributed by atoms with E-state index >= 15 is 0 Å². The quantitative estimate of drug-likeness (QED) is 0.376. The van der Waals surface area contributed by atoms with E-state index in [4.69, 9.17) is 15.2 Å². The number of carbonyl (C=O) groups excluding carboxylic acids is 2. The van der Waals surface area contributed by atoms with Gasteiger partial charge in [0, 0.05) is 40.8 Å². The van der Waals surface area contributed by atoms with Crippen LogP contribution in [0.2, 0.25) is 0 Å². The number of Topliss-reactive ketones (excluding diaryl/α,β-unsaturated/α-hetero) is 2. The van der Waals surface area contributed by atoms with E-state index < -0.39 is 0 Å². The summed E-state index contributed by atoms with van der Waals surface area (Å²) in [5, 5.41) is 1.41. The Bertz CT molecular complexity index is 729. The van der Waals surface area contributed by atoms with E-state index in [-0.39, 0.29) is 17.9 Å². The van der Waals surface area contributed by atoms with Gasteiger partial charge in [0.25, 0.3) is 0 Å². The van der Waals surface area contributed by atoms with Crippen LogP contribution in [0.15, 0.2) is 30.3 Å². The first kappa shape index (κ1) is 25.8. The Morgan fingerprint density at radius 3 is 1.82 bits per heavy atom. The van der Waals surface area contributed by atoms with Crippen molar-refractivity contribution in [3.05, 3.63) is 41.5 Å². The molecule has 0 aliphatic carbocycles. The summed E-state index contributed by atoms with van der Waals surface area (Å²) in [6, 6.07) is 8.69. The Balaban J connectivity index is 0.000000566. The van der Waals surface area contributed by atoms with E-state index in [0.717, 1.165) is 25.0 Å². The Kier molecular flexibility index (Phi) is 12.7. The number of ketones is 2. The van der Waals surface area contributed by atoms with E-state index in [9.17, 15) is 9.59 Å². The lowest BCUT2D eigenvalue weighted by Gasteiger charge is -2.13. The maximum Gasteiger partial charge on any atom is 0.160 e. The molecule has 28 heavy (non-hydrogen) atoms. The number of hydrogen-bond donors (Lipinski definition) is 1. The Labute approximate surface area is 169 Å². The van der Waals surface area contributed by atoms with Gasteiger partial charge in [-0.25, -0.2) is 0 Å². The molecule has 0 amide bonds. The number of nitrogens with two attached hydrogens (primary N) is 1. The number of carbonyl (C=O) groups is 2. The normalized spacial score (nSPS) is 10.0. The van der Waals surface area contributed by atoms with Crippen LogP contribution in [0, 0.1) is 0 Å². The summed E-state index contributed by atoms with van der Waals surface area (Å²) in [6.07, 6.45) is 0.946. The second-order valence-corrected chi connectivity index (χ2v) is 5.79. The van der Waals surface area contributed by atoms with Gasteiger partial charge >= 0.3 is 0 Å². The predicted molar refractivity (Wildman–Crippen MR) is 117 cm³/mol. The summed E-state index contributed by atoms with van der Waals surface area (Å²) in [5.74, 6) is -0.132. The van der Waals surface area contributed by atoms with Crippen LogP contribution in [0.4, 0.5) is 5.69 Å². The molecule has 156 valence electrons. The standard InChI is InChI=1S/C14H13NO2.C7H16O2.C2H6/c1-8(16)10-4-3-5-12-13(15)7-6-11(9(2)17)14(10)12;1-4-7(8-5-2)9-6-3;1-2/h3-7H,15H2,1-2H3;7H,4-6H2,1-3H3;1-2H3. The first-order chi connectivity index (χ1) is 13.4. The lowest BCUT2D eigenvalue weighted by atomic mass is 9.94. The van der Waals surface area contributed by atoms with E-state index in [1.165, 1.54) is 13.8 Å². The average molecular weight is 390 g/mol. The van der Waals surface area contributed by atoms with E-state index in [2.05, 4.69) is 6.92 Å². The molecule has 5 nitrogen and oxygen atoms in total. The monoisotopic (exact) mass is 389 g/mol. The molecule has 2 aromatic carbocycles. The van der Waals surface area contributed by atoms with E-state index in [0.29, 0.717) is 22.2 Å². The fourth-order valence-electron chi connectivity index (χ4n) is 2.67. The van der Waals surface area contributed by atoms with Gasteiger partial charge in [0.15, 0.2) is 17.9 Å². The molecule has 2 rings (SSSR count). The molecule has 0 fully saturated rings. The number of nitrogen functional groups attached to an aromatic ring is 1. The molecule has 0 saturated carbocycles. The van der Waals surface area contributed by atoms with Crippen LogP contribution in [-0.2, 0) is 9.47 Å². The van der Waals surface area contributed by atoms with Crippen molar-refractivity contribution in [1.82, 2.24) is 0 Å². The summed E-state index contributed by atoms with van der Waals surface area (Å²) in [6.45, 7) is 14.4. The van der Waals surface area contributed by atoms with Crippen LogP contribution in [-0.4, -0.2) is 31.1 Å². The topological polar surface area (TPSA) is 78.6 Å². The number of benzene rings is 2. The van der Waals surface area contributed by atoms with Gasteiger partial charge < -0.3 is 15.2 Å². The minimum atomic E-state index is -0.0660. The van der Waals surface area contributed by atoms with Gasteiger partial charge in [-0.15, -0.1) is 0 Å². The van der Waals surface area contributed by atoms with Crippen molar-refractivity contribution in [2.45, 2.75) is 61.2 Å². The second kappa shape index (κ2) is 13.9. The number of anilines is 1. The highest BCUT2D eigenvalue weighted by Gasteiger charge is 2.13. The van der Waals surface area contributed by atoms with Crippen molar-refractivity contribution >= 4 is 28.0 Å². The molecule has 0 radical (unpaired) electrons. The molecule has 0 aromatic heterocycles. The smallest absolute Gasteiger partial charge is 0.160 e. The van der Waals surface area contributed by atoms with Gasteiger partial charge in [-0.05, 0) is 46.2 Å². The van der Waals surface area contributed by atoms with Gasteiger partial charge in [-0.2, -0.15) is 0 Å². The molecule has 5 heteroatoms. The molecule has 0 aliphatic heterocycles. The second-order valence-electron chi connectivity index (χ2n) is 5.79. The summed E-state index contributed by atoms with van der Waals surface area (Å²) >= 11 is 0. The van der Waals surface area contributed by atoms with Gasteiger partial charge in [0.1, 0.15) is 0 Å². The maximum absolute atomic E-state index is 11.6. The minimum absolute atomic E-state index is 0.0139. The summed E-state index contributed by atoms with van der Waals surface area (Å²) in [5.41, 5.74) is 7.53.